The number of hydrogen-bond acceptors (Lipinski definition) is 5. The molecule has 1 fully saturated rings. The minimum atomic E-state index is -4.47. The van der Waals surface area contributed by atoms with Crippen LogP contribution in [0.2, 0.25) is 0 Å². The zero-order valence-corrected chi connectivity index (χ0v) is 18.7. The van der Waals surface area contributed by atoms with Crippen molar-refractivity contribution in [3.8, 4) is 0 Å². The smallest absolute Gasteiger partial charge is 0.417 e. The number of aryl methyl sites for hydroxylation is 1. The van der Waals surface area contributed by atoms with Gasteiger partial charge in [-0.15, -0.1) is 0 Å². The number of anilines is 1. The lowest BCUT2D eigenvalue weighted by Crippen LogP contribution is -2.55. The number of aliphatic carboxylic acids is 1. The molecule has 2 heterocycles. The van der Waals surface area contributed by atoms with Crippen LogP contribution in [0, 0.1) is 0 Å². The van der Waals surface area contributed by atoms with Crippen LogP contribution in [0.5, 0.6) is 0 Å². The highest BCUT2D eigenvalue weighted by atomic mass is 32.2. The number of sulfonamides is 1. The van der Waals surface area contributed by atoms with Crippen LogP contribution < -0.4 is 4.90 Å². The lowest BCUT2D eigenvalue weighted by Gasteiger charge is -2.40. The molecule has 4 rings (SSSR count). The number of carboxylic acids is 1. The molecule has 2 unspecified atom stereocenters. The second kappa shape index (κ2) is 8.60. The van der Waals surface area contributed by atoms with E-state index in [9.17, 15) is 31.5 Å². The molecule has 1 aromatic carbocycles. The van der Waals surface area contributed by atoms with E-state index in [0.29, 0.717) is 30.6 Å². The third-order valence-corrected chi connectivity index (χ3v) is 8.35. The van der Waals surface area contributed by atoms with Crippen LogP contribution in [0.4, 0.5) is 19.0 Å². The SMILES string of the molecule is CCC1CN(c2ccc(C(F)(F)F)cn2)CCN1S(=O)(=O)c1ccc2c(c1)C(C(=O)O)CC2. The maximum atomic E-state index is 13.5. The fourth-order valence-corrected chi connectivity index (χ4v) is 6.29. The van der Waals surface area contributed by atoms with Crippen LogP contribution in [0.1, 0.15) is 42.4 Å². The molecule has 1 aromatic heterocycles. The molecule has 1 saturated heterocycles. The first kappa shape index (κ1) is 23.5. The van der Waals surface area contributed by atoms with Crippen molar-refractivity contribution < 1.29 is 31.5 Å². The molecule has 0 bridgehead atoms. The fourth-order valence-electron chi connectivity index (χ4n) is 4.57. The molecule has 11 heteroatoms. The van der Waals surface area contributed by atoms with Gasteiger partial charge in [0.15, 0.2) is 0 Å². The average molecular weight is 484 g/mol. The zero-order valence-electron chi connectivity index (χ0n) is 17.9. The van der Waals surface area contributed by atoms with E-state index in [-0.39, 0.29) is 24.5 Å². The van der Waals surface area contributed by atoms with Gasteiger partial charge in [0.05, 0.1) is 16.4 Å². The van der Waals surface area contributed by atoms with Gasteiger partial charge in [0.2, 0.25) is 10.0 Å². The van der Waals surface area contributed by atoms with E-state index in [4.69, 9.17) is 0 Å². The van der Waals surface area contributed by atoms with Gasteiger partial charge in [-0.3, -0.25) is 4.79 Å². The van der Waals surface area contributed by atoms with Crippen molar-refractivity contribution in [1.29, 1.82) is 0 Å². The second-order valence-corrected chi connectivity index (χ2v) is 10.2. The summed E-state index contributed by atoms with van der Waals surface area (Å²) in [6.07, 6.45) is -2.14. The highest BCUT2D eigenvalue weighted by Crippen LogP contribution is 2.36. The summed E-state index contributed by atoms with van der Waals surface area (Å²) in [6.45, 7) is 2.55. The van der Waals surface area contributed by atoms with Gasteiger partial charge in [-0.25, -0.2) is 13.4 Å². The second-order valence-electron chi connectivity index (χ2n) is 8.32. The van der Waals surface area contributed by atoms with E-state index in [0.717, 1.165) is 17.8 Å². The van der Waals surface area contributed by atoms with Crippen molar-refractivity contribution in [3.63, 3.8) is 0 Å². The van der Waals surface area contributed by atoms with Crippen LogP contribution in [-0.4, -0.2) is 54.5 Å². The Hall–Kier alpha value is -2.66. The number of piperazine rings is 1. The van der Waals surface area contributed by atoms with Crippen molar-refractivity contribution in [1.82, 2.24) is 9.29 Å². The Bertz CT molecular complexity index is 1150. The van der Waals surface area contributed by atoms with Gasteiger partial charge in [-0.05, 0) is 54.7 Å². The quantitative estimate of drug-likeness (QED) is 0.700. The fraction of sp³-hybridized carbons (Fsp3) is 0.455. The molecule has 0 spiro atoms. The Kier molecular flexibility index (Phi) is 6.12. The molecule has 0 amide bonds. The van der Waals surface area contributed by atoms with E-state index in [2.05, 4.69) is 4.98 Å². The van der Waals surface area contributed by atoms with Gasteiger partial charge in [-0.2, -0.15) is 17.5 Å². The van der Waals surface area contributed by atoms with Gasteiger partial charge >= 0.3 is 12.1 Å². The summed E-state index contributed by atoms with van der Waals surface area (Å²) >= 11 is 0. The first-order valence-corrected chi connectivity index (χ1v) is 12.1. The molecule has 1 aliphatic heterocycles. The summed E-state index contributed by atoms with van der Waals surface area (Å²) in [5.74, 6) is -1.31. The summed E-state index contributed by atoms with van der Waals surface area (Å²) in [4.78, 5) is 17.3. The maximum Gasteiger partial charge on any atom is 0.417 e. The lowest BCUT2D eigenvalue weighted by molar-refractivity contribution is -0.139. The molecule has 0 saturated carbocycles. The standard InChI is InChI=1S/C22H24F3N3O4S/c1-2-16-13-27(20-8-5-15(12-26-20)22(23,24)25)9-10-28(16)33(31,32)17-6-3-14-4-7-18(21(29)30)19(14)11-17/h3,5-6,8,11-12,16,18H,2,4,7,9-10,13H2,1H3,(H,29,30). The summed E-state index contributed by atoms with van der Waals surface area (Å²) in [5.41, 5.74) is 0.562. The van der Waals surface area contributed by atoms with Crippen LogP contribution in [-0.2, 0) is 27.4 Å². The number of carboxylic acid groups (broad SMARTS) is 1. The van der Waals surface area contributed by atoms with Gasteiger partial charge in [0.25, 0.3) is 0 Å². The lowest BCUT2D eigenvalue weighted by atomic mass is 10.0. The Morgan fingerprint density at radius 2 is 1.97 bits per heavy atom. The molecule has 2 aromatic rings. The summed E-state index contributed by atoms with van der Waals surface area (Å²) in [7, 11) is -3.88. The number of alkyl halides is 3. The number of nitrogens with zero attached hydrogens (tertiary/aromatic N) is 3. The van der Waals surface area contributed by atoms with Crippen LogP contribution >= 0.6 is 0 Å². The van der Waals surface area contributed by atoms with E-state index < -0.39 is 39.7 Å². The normalized spacial score (nSPS) is 21.8. The van der Waals surface area contributed by atoms with Gasteiger partial charge in [0, 0.05) is 31.9 Å². The number of hydrogen-bond donors (Lipinski definition) is 1. The summed E-state index contributed by atoms with van der Waals surface area (Å²) in [6, 6.07) is 6.55. The molecule has 7 nitrogen and oxygen atoms in total. The molecule has 1 N–H and O–H groups in total. The Morgan fingerprint density at radius 3 is 2.58 bits per heavy atom. The number of benzene rings is 1. The van der Waals surface area contributed by atoms with Gasteiger partial charge < -0.3 is 10.0 Å². The maximum absolute atomic E-state index is 13.5. The van der Waals surface area contributed by atoms with Crippen molar-refractivity contribution in [2.24, 2.45) is 0 Å². The highest BCUT2D eigenvalue weighted by molar-refractivity contribution is 7.89. The average Bonchev–Trinajstić information content (AvgIpc) is 3.22. The largest absolute Gasteiger partial charge is 0.481 e. The Labute approximate surface area is 189 Å². The Morgan fingerprint density at radius 1 is 1.21 bits per heavy atom. The number of aromatic nitrogens is 1. The first-order valence-electron chi connectivity index (χ1n) is 10.7. The number of halogens is 3. The van der Waals surface area contributed by atoms with Crippen molar-refractivity contribution >= 4 is 21.8 Å². The van der Waals surface area contributed by atoms with E-state index in [1.807, 2.05) is 6.92 Å². The number of fused-ring (bicyclic) bond motifs is 1. The van der Waals surface area contributed by atoms with Crippen LogP contribution in [0.3, 0.4) is 0 Å². The van der Waals surface area contributed by atoms with Crippen molar-refractivity contribution in [3.05, 3.63) is 53.2 Å². The molecule has 1 aliphatic carbocycles. The third-order valence-electron chi connectivity index (χ3n) is 6.40. The Balaban J connectivity index is 1.56. The van der Waals surface area contributed by atoms with E-state index >= 15 is 0 Å². The molecular formula is C22H24F3N3O4S. The van der Waals surface area contributed by atoms with Crippen LogP contribution in [0.15, 0.2) is 41.4 Å². The van der Waals surface area contributed by atoms with E-state index in [1.165, 1.54) is 22.5 Å². The first-order chi connectivity index (χ1) is 15.5. The van der Waals surface area contributed by atoms with Crippen LogP contribution in [0.25, 0.3) is 0 Å². The van der Waals surface area contributed by atoms with E-state index in [1.54, 1.807) is 11.0 Å². The number of carbonyl (C=O) groups is 1. The third kappa shape index (κ3) is 4.43. The molecule has 2 aliphatic rings. The predicted octanol–water partition coefficient (Wildman–Crippen LogP) is 3.50. The summed E-state index contributed by atoms with van der Waals surface area (Å²) < 4.78 is 66.7. The monoisotopic (exact) mass is 483 g/mol. The number of rotatable bonds is 5. The van der Waals surface area contributed by atoms with Gasteiger partial charge in [-0.1, -0.05) is 13.0 Å². The van der Waals surface area contributed by atoms with Crippen molar-refractivity contribution in [2.75, 3.05) is 24.5 Å². The van der Waals surface area contributed by atoms with Gasteiger partial charge in [0.1, 0.15) is 5.82 Å². The molecular weight excluding hydrogens is 459 g/mol. The van der Waals surface area contributed by atoms with Crippen molar-refractivity contribution in [2.45, 2.75) is 49.2 Å². The molecule has 0 radical (unpaired) electrons. The topological polar surface area (TPSA) is 90.8 Å². The molecule has 2 atom stereocenters. The highest BCUT2D eigenvalue weighted by Gasteiger charge is 2.38. The predicted molar refractivity (Wildman–Crippen MR) is 115 cm³/mol. The summed E-state index contributed by atoms with van der Waals surface area (Å²) in [5, 5.41) is 9.45. The molecule has 178 valence electrons. The number of pyridine rings is 1. The molecule has 33 heavy (non-hydrogen) atoms. The zero-order chi connectivity index (χ0) is 24.0. The minimum absolute atomic E-state index is 0.0638. The minimum Gasteiger partial charge on any atom is -0.481 e.